The van der Waals surface area contributed by atoms with Gasteiger partial charge in [-0.1, -0.05) is 18.2 Å². The van der Waals surface area contributed by atoms with Crippen molar-refractivity contribution in [1.29, 1.82) is 0 Å². The molecule has 1 amide bonds. The fourth-order valence-electron chi connectivity index (χ4n) is 2.94. The Bertz CT molecular complexity index is 1260. The molecule has 2 heterocycles. The molecule has 0 saturated heterocycles. The lowest BCUT2D eigenvalue weighted by atomic mass is 10.1. The van der Waals surface area contributed by atoms with Crippen LogP contribution in [-0.2, 0) is 0 Å². The predicted octanol–water partition coefficient (Wildman–Crippen LogP) is 3.92. The largest absolute Gasteiger partial charge is 0.493 e. The van der Waals surface area contributed by atoms with E-state index in [1.54, 1.807) is 32.4 Å². The summed E-state index contributed by atoms with van der Waals surface area (Å²) < 4.78 is 10.6. The van der Waals surface area contributed by atoms with E-state index in [0.29, 0.717) is 27.8 Å². The Kier molecular flexibility index (Phi) is 5.01. The first kappa shape index (κ1) is 18.7. The number of hydrogen-bond donors (Lipinski definition) is 2. The Morgan fingerprint density at radius 2 is 1.86 bits per heavy atom. The Morgan fingerprint density at radius 1 is 1.07 bits per heavy atom. The molecule has 2 aromatic heterocycles. The van der Waals surface area contributed by atoms with E-state index in [0.717, 1.165) is 10.9 Å². The van der Waals surface area contributed by atoms with Gasteiger partial charge in [0.15, 0.2) is 16.6 Å². The van der Waals surface area contributed by atoms with Crippen LogP contribution in [0.15, 0.2) is 58.7 Å². The van der Waals surface area contributed by atoms with Gasteiger partial charge in [0.2, 0.25) is 0 Å². The minimum absolute atomic E-state index is 0.0339. The maximum absolute atomic E-state index is 12.6. The number of aromatic amines is 1. The highest BCUT2D eigenvalue weighted by Crippen LogP contribution is 2.33. The fraction of sp³-hybridized carbons (Fsp3) is 0.0952. The standard InChI is InChI=1S/C21H17N3O4S/c1-27-17-8-7-13(10-18(17)28-2)16-11-29-21(23-16)24-20(26)14-9-12-5-3-4-6-15(12)22-19(14)25/h3-11H,1-2H3,(H,22,25)(H,23,24,26). The minimum atomic E-state index is -0.509. The maximum atomic E-state index is 12.6. The number of aromatic nitrogens is 2. The topological polar surface area (TPSA) is 93.3 Å². The molecule has 0 unspecified atom stereocenters. The molecule has 8 heteroatoms. The molecule has 2 N–H and O–H groups in total. The van der Waals surface area contributed by atoms with Gasteiger partial charge in [-0.05, 0) is 35.7 Å². The lowest BCUT2D eigenvalue weighted by Gasteiger charge is -2.08. The van der Waals surface area contributed by atoms with Crippen LogP contribution in [0.5, 0.6) is 11.5 Å². The van der Waals surface area contributed by atoms with E-state index in [1.807, 2.05) is 35.7 Å². The van der Waals surface area contributed by atoms with Gasteiger partial charge in [-0.2, -0.15) is 0 Å². The van der Waals surface area contributed by atoms with Crippen LogP contribution in [0.4, 0.5) is 5.13 Å². The first-order valence-corrected chi connectivity index (χ1v) is 9.58. The van der Waals surface area contributed by atoms with E-state index in [1.165, 1.54) is 11.3 Å². The van der Waals surface area contributed by atoms with E-state index >= 15 is 0 Å². The van der Waals surface area contributed by atoms with Gasteiger partial charge in [0.05, 0.1) is 19.9 Å². The summed E-state index contributed by atoms with van der Waals surface area (Å²) in [6.45, 7) is 0. The highest BCUT2D eigenvalue weighted by atomic mass is 32.1. The number of thiazole rings is 1. The normalized spacial score (nSPS) is 10.7. The molecule has 29 heavy (non-hydrogen) atoms. The molecule has 4 rings (SSSR count). The molecule has 0 atom stereocenters. The lowest BCUT2D eigenvalue weighted by Crippen LogP contribution is -2.22. The molecule has 4 aromatic rings. The van der Waals surface area contributed by atoms with Gasteiger partial charge in [0, 0.05) is 16.5 Å². The zero-order valence-electron chi connectivity index (χ0n) is 15.7. The number of hydrogen-bond acceptors (Lipinski definition) is 6. The fourth-order valence-corrected chi connectivity index (χ4v) is 3.65. The average Bonchev–Trinajstić information content (AvgIpc) is 3.21. The van der Waals surface area contributed by atoms with Gasteiger partial charge in [-0.25, -0.2) is 4.98 Å². The van der Waals surface area contributed by atoms with Crippen LogP contribution >= 0.6 is 11.3 Å². The number of fused-ring (bicyclic) bond motifs is 1. The highest BCUT2D eigenvalue weighted by Gasteiger charge is 2.15. The molecule has 7 nitrogen and oxygen atoms in total. The van der Waals surface area contributed by atoms with Crippen molar-refractivity contribution in [2.75, 3.05) is 19.5 Å². The number of pyridine rings is 1. The van der Waals surface area contributed by atoms with Crippen molar-refractivity contribution in [2.45, 2.75) is 0 Å². The van der Waals surface area contributed by atoms with Crippen LogP contribution < -0.4 is 20.3 Å². The van der Waals surface area contributed by atoms with Crippen LogP contribution in [0, 0.1) is 0 Å². The summed E-state index contributed by atoms with van der Waals surface area (Å²) in [5.74, 6) is 0.701. The van der Waals surface area contributed by atoms with Crippen molar-refractivity contribution in [3.05, 3.63) is 69.8 Å². The number of H-pyrrole nitrogens is 1. The summed E-state index contributed by atoms with van der Waals surface area (Å²) in [6.07, 6.45) is 0. The number of carbonyl (C=O) groups is 1. The molecule has 0 spiro atoms. The van der Waals surface area contributed by atoms with Crippen molar-refractivity contribution >= 4 is 33.3 Å². The quantitative estimate of drug-likeness (QED) is 0.523. The summed E-state index contributed by atoms with van der Waals surface area (Å²) in [6, 6.07) is 14.3. The predicted molar refractivity (Wildman–Crippen MR) is 113 cm³/mol. The molecular weight excluding hydrogens is 390 g/mol. The van der Waals surface area contributed by atoms with Gasteiger partial charge < -0.3 is 14.5 Å². The van der Waals surface area contributed by atoms with Crippen molar-refractivity contribution in [3.63, 3.8) is 0 Å². The van der Waals surface area contributed by atoms with Gasteiger partial charge in [0.25, 0.3) is 11.5 Å². The number of nitrogens with zero attached hydrogens (tertiary/aromatic N) is 1. The molecule has 146 valence electrons. The third kappa shape index (κ3) is 3.70. The van der Waals surface area contributed by atoms with Crippen molar-refractivity contribution in [2.24, 2.45) is 0 Å². The van der Waals surface area contributed by atoms with Gasteiger partial charge in [0.1, 0.15) is 5.56 Å². The molecule has 0 radical (unpaired) electrons. The monoisotopic (exact) mass is 407 g/mol. The first-order valence-electron chi connectivity index (χ1n) is 8.70. The molecule has 0 saturated carbocycles. The van der Waals surface area contributed by atoms with Crippen LogP contribution in [0.2, 0.25) is 0 Å². The second-order valence-corrected chi connectivity index (χ2v) is 7.02. The van der Waals surface area contributed by atoms with Crippen molar-refractivity contribution in [3.8, 4) is 22.8 Å². The summed E-state index contributed by atoms with van der Waals surface area (Å²) in [5.41, 5.74) is 1.77. The summed E-state index contributed by atoms with van der Waals surface area (Å²) in [5, 5.41) is 5.69. The van der Waals surface area contributed by atoms with E-state index < -0.39 is 11.5 Å². The number of anilines is 1. The van der Waals surface area contributed by atoms with E-state index in [9.17, 15) is 9.59 Å². The lowest BCUT2D eigenvalue weighted by molar-refractivity contribution is 0.102. The Balaban J connectivity index is 1.59. The number of methoxy groups -OCH3 is 2. The van der Waals surface area contributed by atoms with E-state index in [2.05, 4.69) is 15.3 Å². The van der Waals surface area contributed by atoms with Gasteiger partial charge in [-0.3, -0.25) is 14.9 Å². The van der Waals surface area contributed by atoms with Crippen LogP contribution in [0.25, 0.3) is 22.2 Å². The van der Waals surface area contributed by atoms with E-state index in [-0.39, 0.29) is 5.56 Å². The number of carbonyl (C=O) groups excluding carboxylic acids is 1. The zero-order valence-corrected chi connectivity index (χ0v) is 16.5. The third-order valence-corrected chi connectivity index (χ3v) is 5.16. The maximum Gasteiger partial charge on any atom is 0.263 e. The van der Waals surface area contributed by atoms with Crippen molar-refractivity contribution < 1.29 is 14.3 Å². The minimum Gasteiger partial charge on any atom is -0.493 e. The smallest absolute Gasteiger partial charge is 0.263 e. The average molecular weight is 407 g/mol. The van der Waals surface area contributed by atoms with Gasteiger partial charge in [-0.15, -0.1) is 11.3 Å². The second-order valence-electron chi connectivity index (χ2n) is 6.16. The summed E-state index contributed by atoms with van der Waals surface area (Å²) in [7, 11) is 3.14. The van der Waals surface area contributed by atoms with E-state index in [4.69, 9.17) is 9.47 Å². The third-order valence-electron chi connectivity index (χ3n) is 4.40. The molecule has 2 aromatic carbocycles. The number of ether oxygens (including phenoxy) is 2. The molecule has 0 fully saturated rings. The first-order chi connectivity index (χ1) is 14.1. The van der Waals surface area contributed by atoms with Crippen LogP contribution in [0.3, 0.4) is 0 Å². The Hall–Kier alpha value is -3.65. The van der Waals surface area contributed by atoms with Crippen LogP contribution in [-0.4, -0.2) is 30.1 Å². The second kappa shape index (κ2) is 7.76. The molecule has 0 aliphatic rings. The number of rotatable bonds is 5. The zero-order chi connectivity index (χ0) is 20.4. The SMILES string of the molecule is COc1ccc(-c2csc(NC(=O)c3cc4ccccc4[nH]c3=O)n2)cc1OC. The number of benzene rings is 2. The molecule has 0 aliphatic carbocycles. The number of amides is 1. The Morgan fingerprint density at radius 3 is 2.66 bits per heavy atom. The molecule has 0 bridgehead atoms. The molecule has 0 aliphatic heterocycles. The van der Waals surface area contributed by atoms with Crippen LogP contribution in [0.1, 0.15) is 10.4 Å². The summed E-state index contributed by atoms with van der Waals surface area (Å²) >= 11 is 1.27. The highest BCUT2D eigenvalue weighted by molar-refractivity contribution is 7.14. The number of para-hydroxylation sites is 1. The number of nitrogens with one attached hydrogen (secondary N) is 2. The van der Waals surface area contributed by atoms with Gasteiger partial charge >= 0.3 is 0 Å². The molecular formula is C21H17N3O4S. The van der Waals surface area contributed by atoms with Crippen molar-refractivity contribution in [1.82, 2.24) is 9.97 Å². The Labute approximate surface area is 170 Å². The summed E-state index contributed by atoms with van der Waals surface area (Å²) in [4.78, 5) is 32.0.